The summed E-state index contributed by atoms with van der Waals surface area (Å²) in [6.07, 6.45) is 1.49. The number of hydrogen-bond acceptors (Lipinski definition) is 3. The average molecular weight is 427 g/mol. The van der Waals surface area contributed by atoms with Crippen LogP contribution in [0.5, 0.6) is 0 Å². The Morgan fingerprint density at radius 3 is 2.37 bits per heavy atom. The second-order valence-corrected chi connectivity index (χ2v) is 7.42. The molecule has 1 aromatic heterocycles. The fraction of sp³-hybridized carbons (Fsp3) is 0. The van der Waals surface area contributed by atoms with Gasteiger partial charge in [0, 0.05) is 15.1 Å². The van der Waals surface area contributed by atoms with Crippen molar-refractivity contribution >= 4 is 59.2 Å². The molecule has 0 bridgehead atoms. The number of halogens is 3. The number of sulfonamides is 1. The van der Waals surface area contributed by atoms with Gasteiger partial charge in [0.25, 0.3) is 10.0 Å². The summed E-state index contributed by atoms with van der Waals surface area (Å²) in [4.78, 5) is 4.00. The van der Waals surface area contributed by atoms with Gasteiger partial charge in [0.1, 0.15) is 0 Å². The summed E-state index contributed by atoms with van der Waals surface area (Å²) < 4.78 is 28.1. The Kier molecular flexibility index (Phi) is 4.50. The van der Waals surface area contributed by atoms with Gasteiger partial charge in [-0.3, -0.25) is 4.72 Å². The van der Waals surface area contributed by atoms with Crippen LogP contribution in [-0.4, -0.2) is 13.4 Å². The lowest BCUT2D eigenvalue weighted by molar-refractivity contribution is 0.601. The second-order valence-electron chi connectivity index (χ2n) is 3.55. The maximum atomic E-state index is 12.1. The number of anilines is 1. The maximum absolute atomic E-state index is 12.1. The minimum absolute atomic E-state index is 0.0869. The molecule has 100 valence electrons. The van der Waals surface area contributed by atoms with Gasteiger partial charge < -0.3 is 0 Å². The van der Waals surface area contributed by atoms with E-state index in [1.165, 1.54) is 18.3 Å². The van der Waals surface area contributed by atoms with Crippen LogP contribution in [0.3, 0.4) is 0 Å². The van der Waals surface area contributed by atoms with E-state index in [0.29, 0.717) is 4.47 Å². The van der Waals surface area contributed by atoms with Crippen LogP contribution >= 0.6 is 43.5 Å². The normalized spacial score (nSPS) is 11.3. The molecule has 1 aromatic carbocycles. The van der Waals surface area contributed by atoms with Crippen LogP contribution < -0.4 is 4.72 Å². The van der Waals surface area contributed by atoms with Crippen molar-refractivity contribution in [2.24, 2.45) is 0 Å². The Morgan fingerprint density at radius 2 is 1.74 bits per heavy atom. The van der Waals surface area contributed by atoms with Gasteiger partial charge in [0.05, 0.1) is 10.6 Å². The van der Waals surface area contributed by atoms with Gasteiger partial charge in [-0.05, 0) is 46.3 Å². The van der Waals surface area contributed by atoms with Crippen molar-refractivity contribution in [2.75, 3.05) is 4.72 Å². The first-order chi connectivity index (χ1) is 8.88. The molecule has 0 amide bonds. The molecule has 19 heavy (non-hydrogen) atoms. The Labute approximate surface area is 132 Å². The summed E-state index contributed by atoms with van der Waals surface area (Å²) in [5, 5.41) is 0.0869. The lowest BCUT2D eigenvalue weighted by Gasteiger charge is -2.09. The summed E-state index contributed by atoms with van der Waals surface area (Å²) in [5.74, 6) is 0. The van der Waals surface area contributed by atoms with Crippen LogP contribution in [0.1, 0.15) is 0 Å². The Bertz CT molecular complexity index is 705. The van der Waals surface area contributed by atoms with Crippen molar-refractivity contribution in [3.63, 3.8) is 0 Å². The number of nitrogens with one attached hydrogen (secondary N) is 1. The van der Waals surface area contributed by atoms with E-state index in [0.717, 1.165) is 4.47 Å². The van der Waals surface area contributed by atoms with Gasteiger partial charge in [0.15, 0.2) is 5.15 Å². The van der Waals surface area contributed by atoms with Gasteiger partial charge in [-0.2, -0.15) is 0 Å². The van der Waals surface area contributed by atoms with Crippen molar-refractivity contribution in [3.8, 4) is 0 Å². The monoisotopic (exact) mass is 424 g/mol. The highest BCUT2D eigenvalue weighted by Gasteiger charge is 2.16. The first-order valence-electron chi connectivity index (χ1n) is 4.98. The topological polar surface area (TPSA) is 59.1 Å². The van der Waals surface area contributed by atoms with E-state index in [1.807, 2.05) is 0 Å². The zero-order valence-corrected chi connectivity index (χ0v) is 14.0. The van der Waals surface area contributed by atoms with E-state index in [1.54, 1.807) is 18.2 Å². The van der Waals surface area contributed by atoms with Crippen LogP contribution in [0.15, 0.2) is 50.4 Å². The van der Waals surface area contributed by atoms with E-state index in [4.69, 9.17) is 11.6 Å². The lowest BCUT2D eigenvalue weighted by Crippen LogP contribution is -2.13. The van der Waals surface area contributed by atoms with Gasteiger partial charge >= 0.3 is 0 Å². The molecule has 0 fully saturated rings. The van der Waals surface area contributed by atoms with E-state index in [-0.39, 0.29) is 15.7 Å². The van der Waals surface area contributed by atoms with Crippen molar-refractivity contribution < 1.29 is 8.42 Å². The van der Waals surface area contributed by atoms with Crippen molar-refractivity contribution in [1.29, 1.82) is 0 Å². The van der Waals surface area contributed by atoms with Crippen LogP contribution in [-0.2, 0) is 10.0 Å². The molecule has 8 heteroatoms. The first kappa shape index (κ1) is 14.8. The molecule has 0 unspecified atom stereocenters. The summed E-state index contributed by atoms with van der Waals surface area (Å²) >= 11 is 12.3. The van der Waals surface area contributed by atoms with Crippen LogP contribution in [0.25, 0.3) is 0 Å². The fourth-order valence-corrected chi connectivity index (χ4v) is 3.17. The van der Waals surface area contributed by atoms with Gasteiger partial charge in [-0.1, -0.05) is 27.5 Å². The molecule has 0 spiro atoms. The molecular weight excluding hydrogens is 419 g/mol. The standard InChI is InChI=1S/C11H7Br2ClN2O2S/c12-7-1-3-9(4-2-7)19(17,18)16-10-5-8(13)6-15-11(10)14/h1-6,16H. The first-order valence-corrected chi connectivity index (χ1v) is 8.42. The molecule has 1 heterocycles. The lowest BCUT2D eigenvalue weighted by atomic mass is 10.4. The number of benzene rings is 1. The number of hydrogen-bond donors (Lipinski definition) is 1. The number of pyridine rings is 1. The molecule has 4 nitrogen and oxygen atoms in total. The highest BCUT2D eigenvalue weighted by Crippen LogP contribution is 2.26. The van der Waals surface area contributed by atoms with Crippen molar-refractivity contribution in [1.82, 2.24) is 4.98 Å². The van der Waals surface area contributed by atoms with Crippen LogP contribution in [0.2, 0.25) is 5.15 Å². The third-order valence-electron chi connectivity index (χ3n) is 2.17. The average Bonchev–Trinajstić information content (AvgIpc) is 2.34. The maximum Gasteiger partial charge on any atom is 0.261 e. The molecule has 2 aromatic rings. The molecule has 0 saturated heterocycles. The predicted molar refractivity (Wildman–Crippen MR) is 81.9 cm³/mol. The van der Waals surface area contributed by atoms with E-state index < -0.39 is 10.0 Å². The van der Waals surface area contributed by atoms with Crippen molar-refractivity contribution in [3.05, 3.63) is 50.6 Å². The summed E-state index contributed by atoms with van der Waals surface area (Å²) in [6, 6.07) is 7.83. The summed E-state index contributed by atoms with van der Waals surface area (Å²) in [5.41, 5.74) is 0.221. The second kappa shape index (κ2) is 5.78. The molecule has 0 aliphatic rings. The number of nitrogens with zero attached hydrogens (tertiary/aromatic N) is 1. The highest BCUT2D eigenvalue weighted by molar-refractivity contribution is 9.10. The molecule has 1 N–H and O–H groups in total. The molecule has 0 atom stereocenters. The molecule has 0 radical (unpaired) electrons. The van der Waals surface area contributed by atoms with Gasteiger partial charge in [-0.25, -0.2) is 13.4 Å². The Balaban J connectivity index is 2.36. The zero-order valence-electron chi connectivity index (χ0n) is 9.27. The molecule has 2 rings (SSSR count). The van der Waals surface area contributed by atoms with Crippen LogP contribution in [0, 0.1) is 0 Å². The minimum Gasteiger partial charge on any atom is -0.276 e. The largest absolute Gasteiger partial charge is 0.276 e. The Morgan fingerprint density at radius 1 is 1.11 bits per heavy atom. The minimum atomic E-state index is -3.69. The van der Waals surface area contributed by atoms with Crippen LogP contribution in [0.4, 0.5) is 5.69 Å². The third kappa shape index (κ3) is 3.68. The third-order valence-corrected chi connectivity index (χ3v) is 4.82. The van der Waals surface area contributed by atoms with Gasteiger partial charge in [0.2, 0.25) is 0 Å². The Hall–Kier alpha value is -0.630. The molecule has 0 aliphatic carbocycles. The van der Waals surface area contributed by atoms with E-state index in [9.17, 15) is 8.42 Å². The quantitative estimate of drug-likeness (QED) is 0.753. The number of aromatic nitrogens is 1. The SMILES string of the molecule is O=S(=O)(Nc1cc(Br)cnc1Cl)c1ccc(Br)cc1. The van der Waals surface area contributed by atoms with E-state index >= 15 is 0 Å². The molecular formula is C11H7Br2ClN2O2S. The summed E-state index contributed by atoms with van der Waals surface area (Å²) in [6.45, 7) is 0. The fourth-order valence-electron chi connectivity index (χ4n) is 1.31. The zero-order chi connectivity index (χ0) is 14.0. The highest BCUT2D eigenvalue weighted by atomic mass is 79.9. The smallest absolute Gasteiger partial charge is 0.261 e. The molecule has 0 aliphatic heterocycles. The van der Waals surface area contributed by atoms with E-state index in [2.05, 4.69) is 41.6 Å². The predicted octanol–water partition coefficient (Wildman–Crippen LogP) is 4.06. The number of rotatable bonds is 3. The molecule has 0 saturated carbocycles. The van der Waals surface area contributed by atoms with Gasteiger partial charge in [-0.15, -0.1) is 0 Å². The van der Waals surface area contributed by atoms with Crippen molar-refractivity contribution in [2.45, 2.75) is 4.90 Å². The summed E-state index contributed by atoms with van der Waals surface area (Å²) in [7, 11) is -3.69.